The fraction of sp³-hybridized carbons (Fsp3) is 0.0606. The van der Waals surface area contributed by atoms with Crippen LogP contribution in [0.2, 0.25) is 0 Å². The zero-order valence-corrected chi connectivity index (χ0v) is 19.7. The van der Waals surface area contributed by atoms with Crippen molar-refractivity contribution in [2.45, 2.75) is 12.5 Å². The van der Waals surface area contributed by atoms with Crippen molar-refractivity contribution in [3.63, 3.8) is 0 Å². The lowest BCUT2D eigenvalue weighted by Crippen LogP contribution is -2.31. The van der Waals surface area contributed by atoms with Crippen LogP contribution in [0, 0.1) is 6.92 Å². The molecule has 170 valence electrons. The number of nitrogens with zero attached hydrogens (tertiary/aromatic N) is 1. The van der Waals surface area contributed by atoms with Crippen molar-refractivity contribution < 1.29 is 4.84 Å². The average Bonchev–Trinajstić information content (AvgIpc) is 2.94. The lowest BCUT2D eigenvalue weighted by Gasteiger charge is -2.33. The summed E-state index contributed by atoms with van der Waals surface area (Å²) in [4.78, 5) is 6.78. The minimum atomic E-state index is -0.922. The number of hydrogen-bond acceptors (Lipinski definition) is 2. The van der Waals surface area contributed by atoms with Crippen LogP contribution >= 0.6 is 0 Å². The van der Waals surface area contributed by atoms with E-state index in [9.17, 15) is 0 Å². The van der Waals surface area contributed by atoms with Gasteiger partial charge in [0.15, 0.2) is 0 Å². The standard InChI is InChI=1S/C33H27NO/c1-26-22-24-28(25-23-26)32(27-14-6-2-7-15-27)34-35-33(29-16-8-3-9-17-29,30-18-10-4-11-19-30)31-20-12-5-13-21-31/h2-25H,1H3. The molecule has 0 aromatic heterocycles. The van der Waals surface area contributed by atoms with E-state index >= 15 is 0 Å². The molecule has 0 saturated carbocycles. The van der Waals surface area contributed by atoms with E-state index in [1.807, 2.05) is 72.8 Å². The van der Waals surface area contributed by atoms with Crippen molar-refractivity contribution in [1.29, 1.82) is 0 Å². The minimum absolute atomic E-state index is 0.790. The van der Waals surface area contributed by atoms with E-state index in [0.717, 1.165) is 33.5 Å². The average molecular weight is 454 g/mol. The molecular formula is C33H27NO. The first kappa shape index (κ1) is 22.4. The third-order valence-electron chi connectivity index (χ3n) is 6.19. The maximum Gasteiger partial charge on any atom is 0.212 e. The van der Waals surface area contributed by atoms with E-state index in [1.165, 1.54) is 5.56 Å². The van der Waals surface area contributed by atoms with Gasteiger partial charge in [-0.2, -0.15) is 0 Å². The molecule has 0 radical (unpaired) electrons. The Morgan fingerprint density at radius 1 is 0.486 bits per heavy atom. The quantitative estimate of drug-likeness (QED) is 0.140. The Morgan fingerprint density at radius 2 is 0.857 bits per heavy atom. The lowest BCUT2D eigenvalue weighted by molar-refractivity contribution is 0.0175. The molecule has 5 aromatic carbocycles. The first-order chi connectivity index (χ1) is 17.3. The Labute approximate surface area is 207 Å². The number of oxime groups is 1. The van der Waals surface area contributed by atoms with Crippen molar-refractivity contribution in [1.82, 2.24) is 0 Å². The molecule has 5 aromatic rings. The van der Waals surface area contributed by atoms with E-state index in [1.54, 1.807) is 0 Å². The third-order valence-corrected chi connectivity index (χ3v) is 6.19. The van der Waals surface area contributed by atoms with Crippen LogP contribution in [0.5, 0.6) is 0 Å². The second-order valence-electron chi connectivity index (χ2n) is 8.54. The van der Waals surface area contributed by atoms with E-state index < -0.39 is 5.60 Å². The molecule has 0 heterocycles. The van der Waals surface area contributed by atoms with Crippen LogP contribution in [-0.2, 0) is 10.4 Å². The molecule has 0 bridgehead atoms. The van der Waals surface area contributed by atoms with Crippen LogP contribution in [0.15, 0.2) is 151 Å². The molecular weight excluding hydrogens is 426 g/mol. The normalized spacial score (nSPS) is 11.7. The van der Waals surface area contributed by atoms with E-state index in [-0.39, 0.29) is 0 Å². The molecule has 0 atom stereocenters. The minimum Gasteiger partial charge on any atom is -0.374 e. The van der Waals surface area contributed by atoms with Crippen LogP contribution in [-0.4, -0.2) is 5.71 Å². The fourth-order valence-electron chi connectivity index (χ4n) is 4.37. The fourth-order valence-corrected chi connectivity index (χ4v) is 4.37. The summed E-state index contributed by atoms with van der Waals surface area (Å²) >= 11 is 0. The Morgan fingerprint density at radius 3 is 1.29 bits per heavy atom. The molecule has 35 heavy (non-hydrogen) atoms. The highest BCUT2D eigenvalue weighted by molar-refractivity contribution is 6.12. The summed E-state index contributed by atoms with van der Waals surface area (Å²) in [5, 5.41) is 4.91. The molecule has 2 nitrogen and oxygen atoms in total. The predicted molar refractivity (Wildman–Crippen MR) is 144 cm³/mol. The molecule has 0 N–H and O–H groups in total. The monoisotopic (exact) mass is 453 g/mol. The summed E-state index contributed by atoms with van der Waals surface area (Å²) < 4.78 is 0. The topological polar surface area (TPSA) is 21.6 Å². The van der Waals surface area contributed by atoms with Crippen LogP contribution in [0.4, 0.5) is 0 Å². The largest absolute Gasteiger partial charge is 0.374 e. The molecule has 0 aliphatic carbocycles. The van der Waals surface area contributed by atoms with Crippen molar-refractivity contribution in [2.75, 3.05) is 0 Å². The highest BCUT2D eigenvalue weighted by atomic mass is 16.7. The first-order valence-electron chi connectivity index (χ1n) is 11.8. The number of benzene rings is 5. The second kappa shape index (κ2) is 10.2. The summed E-state index contributed by atoms with van der Waals surface area (Å²) in [6.07, 6.45) is 0. The number of hydrogen-bond donors (Lipinski definition) is 0. The molecule has 0 fully saturated rings. The Hall–Kier alpha value is -4.43. The van der Waals surface area contributed by atoms with Gasteiger partial charge >= 0.3 is 0 Å². The molecule has 0 aliphatic rings. The highest BCUT2D eigenvalue weighted by Crippen LogP contribution is 2.40. The number of rotatable bonds is 7. The van der Waals surface area contributed by atoms with E-state index in [0.29, 0.717) is 0 Å². The van der Waals surface area contributed by atoms with Crippen LogP contribution in [0.3, 0.4) is 0 Å². The Bertz CT molecular complexity index is 1280. The van der Waals surface area contributed by atoms with Gasteiger partial charge in [0.05, 0.1) is 0 Å². The van der Waals surface area contributed by atoms with Gasteiger partial charge < -0.3 is 4.84 Å². The van der Waals surface area contributed by atoms with Crippen molar-refractivity contribution in [3.05, 3.63) is 179 Å². The van der Waals surface area contributed by atoms with Gasteiger partial charge in [-0.1, -0.05) is 156 Å². The van der Waals surface area contributed by atoms with Crippen molar-refractivity contribution in [2.24, 2.45) is 5.16 Å². The van der Waals surface area contributed by atoms with Gasteiger partial charge in [-0.25, -0.2) is 0 Å². The van der Waals surface area contributed by atoms with E-state index in [2.05, 4.69) is 79.7 Å². The molecule has 0 aliphatic heterocycles. The van der Waals surface area contributed by atoms with Crippen molar-refractivity contribution in [3.8, 4) is 0 Å². The Kier molecular flexibility index (Phi) is 6.54. The zero-order valence-electron chi connectivity index (χ0n) is 19.7. The summed E-state index contributed by atoms with van der Waals surface area (Å²) in [7, 11) is 0. The second-order valence-corrected chi connectivity index (χ2v) is 8.54. The highest BCUT2D eigenvalue weighted by Gasteiger charge is 2.39. The SMILES string of the molecule is Cc1ccc(C(=NOC(c2ccccc2)(c2ccccc2)c2ccccc2)c2ccccc2)cc1. The number of aryl methyl sites for hydroxylation is 1. The molecule has 2 heteroatoms. The van der Waals surface area contributed by atoms with Gasteiger partial charge in [0, 0.05) is 27.8 Å². The molecule has 0 amide bonds. The maximum atomic E-state index is 6.78. The predicted octanol–water partition coefficient (Wildman–Crippen LogP) is 7.76. The summed E-state index contributed by atoms with van der Waals surface area (Å²) in [5.74, 6) is 0. The molecule has 5 rings (SSSR count). The summed E-state index contributed by atoms with van der Waals surface area (Å²) in [6.45, 7) is 2.09. The summed E-state index contributed by atoms with van der Waals surface area (Å²) in [6, 6.07) is 49.5. The van der Waals surface area contributed by atoms with Crippen LogP contribution < -0.4 is 0 Å². The van der Waals surface area contributed by atoms with Gasteiger partial charge in [-0.05, 0) is 6.92 Å². The van der Waals surface area contributed by atoms with Gasteiger partial charge in [0.1, 0.15) is 5.71 Å². The Balaban J connectivity index is 1.74. The smallest absolute Gasteiger partial charge is 0.212 e. The lowest BCUT2D eigenvalue weighted by atomic mass is 9.80. The third kappa shape index (κ3) is 4.64. The molecule has 0 unspecified atom stereocenters. The zero-order chi connectivity index (χ0) is 23.9. The van der Waals surface area contributed by atoms with Crippen molar-refractivity contribution >= 4 is 5.71 Å². The van der Waals surface area contributed by atoms with Gasteiger partial charge in [0.2, 0.25) is 5.60 Å². The van der Waals surface area contributed by atoms with Gasteiger partial charge in [0.25, 0.3) is 0 Å². The summed E-state index contributed by atoms with van der Waals surface area (Å²) in [5.41, 5.74) is 6.11. The molecule has 0 spiro atoms. The van der Waals surface area contributed by atoms with E-state index in [4.69, 9.17) is 9.99 Å². The molecule has 0 saturated heterocycles. The first-order valence-corrected chi connectivity index (χ1v) is 11.8. The van der Waals surface area contributed by atoms with Crippen LogP contribution in [0.1, 0.15) is 33.4 Å². The van der Waals surface area contributed by atoms with Crippen LogP contribution in [0.25, 0.3) is 0 Å². The van der Waals surface area contributed by atoms with Gasteiger partial charge in [-0.3, -0.25) is 0 Å². The maximum absolute atomic E-state index is 6.78. The van der Waals surface area contributed by atoms with Gasteiger partial charge in [-0.15, -0.1) is 0 Å².